The molecule has 1 aliphatic heterocycles. The Labute approximate surface area is 101 Å². The van der Waals surface area contributed by atoms with E-state index in [-0.39, 0.29) is 11.9 Å². The molecule has 0 saturated heterocycles. The van der Waals surface area contributed by atoms with Crippen LogP contribution in [0.25, 0.3) is 0 Å². The maximum absolute atomic E-state index is 11.7. The summed E-state index contributed by atoms with van der Waals surface area (Å²) in [5.41, 5.74) is 1.95. The summed E-state index contributed by atoms with van der Waals surface area (Å²) in [5, 5.41) is 6.12. The molecule has 0 saturated carbocycles. The molecule has 1 aromatic carbocycles. The summed E-state index contributed by atoms with van der Waals surface area (Å²) in [6.45, 7) is 4.24. The SMILES string of the molecule is CCOCCCNC1C(=O)Nc2ccccc21. The van der Waals surface area contributed by atoms with E-state index in [0.717, 1.165) is 37.4 Å². The zero-order valence-corrected chi connectivity index (χ0v) is 10.0. The average Bonchev–Trinajstić information content (AvgIpc) is 2.65. The van der Waals surface area contributed by atoms with Crippen LogP contribution in [0.3, 0.4) is 0 Å². The van der Waals surface area contributed by atoms with Crippen LogP contribution in [0.5, 0.6) is 0 Å². The number of fused-ring (bicyclic) bond motifs is 1. The molecule has 1 aliphatic rings. The zero-order chi connectivity index (χ0) is 12.1. The van der Waals surface area contributed by atoms with Crippen LogP contribution in [-0.4, -0.2) is 25.7 Å². The average molecular weight is 234 g/mol. The first-order valence-electron chi connectivity index (χ1n) is 6.04. The molecule has 1 unspecified atom stereocenters. The molecule has 17 heavy (non-hydrogen) atoms. The van der Waals surface area contributed by atoms with Crippen molar-refractivity contribution in [2.45, 2.75) is 19.4 Å². The van der Waals surface area contributed by atoms with Crippen LogP contribution in [0.15, 0.2) is 24.3 Å². The summed E-state index contributed by atoms with van der Waals surface area (Å²) in [6.07, 6.45) is 0.916. The Morgan fingerprint density at radius 2 is 2.24 bits per heavy atom. The smallest absolute Gasteiger partial charge is 0.246 e. The summed E-state index contributed by atoms with van der Waals surface area (Å²) in [6, 6.07) is 7.57. The number of benzene rings is 1. The van der Waals surface area contributed by atoms with Crippen molar-refractivity contribution < 1.29 is 9.53 Å². The standard InChI is InChI=1S/C13H18N2O2/c1-2-17-9-5-8-14-12-10-6-3-4-7-11(10)15-13(12)16/h3-4,6-7,12,14H,2,5,8-9H2,1H3,(H,15,16). The topological polar surface area (TPSA) is 50.4 Å². The molecule has 0 fully saturated rings. The van der Waals surface area contributed by atoms with Crippen LogP contribution < -0.4 is 10.6 Å². The lowest BCUT2D eigenvalue weighted by Gasteiger charge is -2.11. The molecule has 1 aromatic rings. The number of rotatable bonds is 6. The lowest BCUT2D eigenvalue weighted by Crippen LogP contribution is -2.28. The van der Waals surface area contributed by atoms with Gasteiger partial charge in [-0.3, -0.25) is 4.79 Å². The molecule has 0 aromatic heterocycles. The van der Waals surface area contributed by atoms with Crippen LogP contribution in [0, 0.1) is 0 Å². The van der Waals surface area contributed by atoms with Crippen molar-refractivity contribution in [1.29, 1.82) is 0 Å². The predicted octanol–water partition coefficient (Wildman–Crippen LogP) is 1.70. The van der Waals surface area contributed by atoms with E-state index in [4.69, 9.17) is 4.74 Å². The highest BCUT2D eigenvalue weighted by atomic mass is 16.5. The van der Waals surface area contributed by atoms with E-state index in [2.05, 4.69) is 10.6 Å². The first-order chi connectivity index (χ1) is 8.33. The highest BCUT2D eigenvalue weighted by Crippen LogP contribution is 2.29. The maximum Gasteiger partial charge on any atom is 0.246 e. The van der Waals surface area contributed by atoms with E-state index >= 15 is 0 Å². The fraction of sp³-hybridized carbons (Fsp3) is 0.462. The Hall–Kier alpha value is -1.39. The summed E-state index contributed by atoms with van der Waals surface area (Å²) >= 11 is 0. The third-order valence-electron chi connectivity index (χ3n) is 2.81. The fourth-order valence-electron chi connectivity index (χ4n) is 1.98. The van der Waals surface area contributed by atoms with E-state index in [0.29, 0.717) is 0 Å². The Bertz CT molecular complexity index is 393. The van der Waals surface area contributed by atoms with Crippen molar-refractivity contribution in [3.05, 3.63) is 29.8 Å². The highest BCUT2D eigenvalue weighted by molar-refractivity contribution is 6.02. The van der Waals surface area contributed by atoms with E-state index in [1.54, 1.807) is 0 Å². The quantitative estimate of drug-likeness (QED) is 0.736. The van der Waals surface area contributed by atoms with Gasteiger partial charge in [0.1, 0.15) is 6.04 Å². The minimum absolute atomic E-state index is 0.0302. The summed E-state index contributed by atoms with van der Waals surface area (Å²) in [7, 11) is 0. The number of nitrogens with one attached hydrogen (secondary N) is 2. The minimum Gasteiger partial charge on any atom is -0.382 e. The molecular formula is C13H18N2O2. The Balaban J connectivity index is 1.87. The van der Waals surface area contributed by atoms with Crippen LogP contribution in [0.2, 0.25) is 0 Å². The lowest BCUT2D eigenvalue weighted by molar-refractivity contribution is -0.117. The van der Waals surface area contributed by atoms with Gasteiger partial charge < -0.3 is 15.4 Å². The van der Waals surface area contributed by atoms with E-state index < -0.39 is 0 Å². The number of ether oxygens (including phenoxy) is 1. The van der Waals surface area contributed by atoms with Crippen LogP contribution in [0.4, 0.5) is 5.69 Å². The molecular weight excluding hydrogens is 216 g/mol. The van der Waals surface area contributed by atoms with Gasteiger partial charge in [-0.1, -0.05) is 18.2 Å². The molecule has 1 heterocycles. The zero-order valence-electron chi connectivity index (χ0n) is 10.0. The number of carbonyl (C=O) groups is 1. The molecule has 4 nitrogen and oxygen atoms in total. The monoisotopic (exact) mass is 234 g/mol. The van der Waals surface area contributed by atoms with E-state index in [1.807, 2.05) is 31.2 Å². The van der Waals surface area contributed by atoms with Gasteiger partial charge in [-0.15, -0.1) is 0 Å². The van der Waals surface area contributed by atoms with E-state index in [9.17, 15) is 4.79 Å². The minimum atomic E-state index is -0.215. The van der Waals surface area contributed by atoms with E-state index in [1.165, 1.54) is 0 Å². The second kappa shape index (κ2) is 5.80. The van der Waals surface area contributed by atoms with Crippen LogP contribution >= 0.6 is 0 Å². The normalized spacial score (nSPS) is 17.9. The summed E-state index contributed by atoms with van der Waals surface area (Å²) in [5.74, 6) is 0.0302. The van der Waals surface area contributed by atoms with Gasteiger partial charge in [0.05, 0.1) is 0 Å². The number of carbonyl (C=O) groups excluding carboxylic acids is 1. The van der Waals surface area contributed by atoms with Gasteiger partial charge in [-0.05, 0) is 26.0 Å². The lowest BCUT2D eigenvalue weighted by atomic mass is 10.1. The Morgan fingerprint density at radius 3 is 3.06 bits per heavy atom. The van der Waals surface area contributed by atoms with Crippen molar-refractivity contribution in [2.75, 3.05) is 25.1 Å². The molecule has 0 bridgehead atoms. The first kappa shape index (κ1) is 12.1. The largest absolute Gasteiger partial charge is 0.382 e. The second-order valence-electron chi connectivity index (χ2n) is 4.01. The third kappa shape index (κ3) is 2.84. The highest BCUT2D eigenvalue weighted by Gasteiger charge is 2.29. The number of hydrogen-bond donors (Lipinski definition) is 2. The van der Waals surface area contributed by atoms with Gasteiger partial charge in [0.25, 0.3) is 0 Å². The second-order valence-corrected chi connectivity index (χ2v) is 4.01. The van der Waals surface area contributed by atoms with Gasteiger partial charge in [-0.2, -0.15) is 0 Å². The van der Waals surface area contributed by atoms with Crippen molar-refractivity contribution in [2.24, 2.45) is 0 Å². The number of hydrogen-bond acceptors (Lipinski definition) is 3. The van der Waals surface area contributed by atoms with Gasteiger partial charge in [0.15, 0.2) is 0 Å². The Morgan fingerprint density at radius 1 is 1.41 bits per heavy atom. The molecule has 0 radical (unpaired) electrons. The number of para-hydroxylation sites is 1. The number of anilines is 1. The first-order valence-corrected chi connectivity index (χ1v) is 6.04. The summed E-state index contributed by atoms with van der Waals surface area (Å²) in [4.78, 5) is 11.7. The molecule has 0 aliphatic carbocycles. The molecule has 0 spiro atoms. The van der Waals surface area contributed by atoms with Crippen LogP contribution in [0.1, 0.15) is 24.9 Å². The molecule has 2 rings (SSSR count). The molecule has 1 amide bonds. The van der Waals surface area contributed by atoms with Crippen molar-refractivity contribution in [1.82, 2.24) is 5.32 Å². The van der Waals surface area contributed by atoms with Gasteiger partial charge in [0, 0.05) is 24.5 Å². The van der Waals surface area contributed by atoms with Crippen molar-refractivity contribution in [3.63, 3.8) is 0 Å². The number of amides is 1. The van der Waals surface area contributed by atoms with Crippen molar-refractivity contribution in [3.8, 4) is 0 Å². The molecule has 4 heteroatoms. The third-order valence-corrected chi connectivity index (χ3v) is 2.81. The summed E-state index contributed by atoms with van der Waals surface area (Å²) < 4.78 is 5.25. The fourth-order valence-corrected chi connectivity index (χ4v) is 1.98. The molecule has 92 valence electrons. The maximum atomic E-state index is 11.7. The molecule has 1 atom stereocenters. The van der Waals surface area contributed by atoms with Gasteiger partial charge >= 0.3 is 0 Å². The van der Waals surface area contributed by atoms with Gasteiger partial charge in [-0.25, -0.2) is 0 Å². The van der Waals surface area contributed by atoms with Gasteiger partial charge in [0.2, 0.25) is 5.91 Å². The molecule has 2 N–H and O–H groups in total. The van der Waals surface area contributed by atoms with Crippen molar-refractivity contribution >= 4 is 11.6 Å². The Kier molecular flexibility index (Phi) is 4.12. The van der Waals surface area contributed by atoms with Crippen LogP contribution in [-0.2, 0) is 9.53 Å². The predicted molar refractivity (Wildman–Crippen MR) is 66.9 cm³/mol.